The van der Waals surface area contributed by atoms with Crippen LogP contribution in [0, 0.1) is 23.7 Å². The quantitative estimate of drug-likeness (QED) is 0.687. The molecule has 26 heavy (non-hydrogen) atoms. The van der Waals surface area contributed by atoms with E-state index in [1.165, 1.54) is 73.9 Å². The summed E-state index contributed by atoms with van der Waals surface area (Å²) >= 11 is 0. The first-order valence-electron chi connectivity index (χ1n) is 10.8. The van der Waals surface area contributed by atoms with Gasteiger partial charge in [0.2, 0.25) is 0 Å². The van der Waals surface area contributed by atoms with Crippen LogP contribution in [0.5, 0.6) is 0 Å². The summed E-state index contributed by atoms with van der Waals surface area (Å²) in [5.41, 5.74) is 5.37. The Morgan fingerprint density at radius 2 is 1.12 bits per heavy atom. The Balaban J connectivity index is 1.43. The summed E-state index contributed by atoms with van der Waals surface area (Å²) in [5, 5.41) is 0. The van der Waals surface area contributed by atoms with Crippen molar-refractivity contribution in [3.05, 3.63) is 47.8 Å². The molecule has 4 saturated carbocycles. The van der Waals surface area contributed by atoms with Crippen LogP contribution >= 0.6 is 0 Å². The minimum atomic E-state index is 0.715. The number of pyridine rings is 2. The van der Waals surface area contributed by atoms with Crippen LogP contribution in [0.4, 0.5) is 0 Å². The summed E-state index contributed by atoms with van der Waals surface area (Å²) in [6, 6.07) is 9.00. The molecule has 4 aliphatic carbocycles. The Bertz CT molecular complexity index is 759. The number of rotatable bonds is 3. The second-order valence-corrected chi connectivity index (χ2v) is 9.45. The molecule has 0 radical (unpaired) electrons. The molecule has 6 rings (SSSR count). The molecule has 0 N–H and O–H groups in total. The minimum Gasteiger partial charge on any atom is -0.254 e. The second kappa shape index (κ2) is 5.90. The Hall–Kier alpha value is -1.70. The smallest absolute Gasteiger partial charge is 0.0923 e. The Kier molecular flexibility index (Phi) is 3.49. The molecule has 2 nitrogen and oxygen atoms in total. The van der Waals surface area contributed by atoms with Gasteiger partial charge in [0.1, 0.15) is 0 Å². The zero-order valence-electron chi connectivity index (χ0n) is 15.5. The van der Waals surface area contributed by atoms with Crippen molar-refractivity contribution in [2.75, 3.05) is 0 Å². The maximum atomic E-state index is 4.91. The molecular formula is C24H28N2. The van der Waals surface area contributed by atoms with Crippen LogP contribution in [0.3, 0.4) is 0 Å². The molecule has 2 heteroatoms. The van der Waals surface area contributed by atoms with Gasteiger partial charge in [0.25, 0.3) is 0 Å². The van der Waals surface area contributed by atoms with E-state index in [1.54, 1.807) is 0 Å². The lowest BCUT2D eigenvalue weighted by Crippen LogP contribution is -2.13. The Morgan fingerprint density at radius 3 is 1.50 bits per heavy atom. The summed E-state index contributed by atoms with van der Waals surface area (Å²) in [4.78, 5) is 9.82. The summed E-state index contributed by atoms with van der Waals surface area (Å²) in [6.45, 7) is 0. The van der Waals surface area contributed by atoms with Crippen molar-refractivity contribution in [2.45, 2.75) is 63.2 Å². The van der Waals surface area contributed by atoms with E-state index < -0.39 is 0 Å². The molecule has 0 amide bonds. The van der Waals surface area contributed by atoms with Gasteiger partial charge in [-0.1, -0.05) is 25.0 Å². The molecule has 0 spiro atoms. The second-order valence-electron chi connectivity index (χ2n) is 9.45. The summed E-state index contributed by atoms with van der Waals surface area (Å²) < 4.78 is 0. The maximum absolute atomic E-state index is 4.91. The first-order valence-corrected chi connectivity index (χ1v) is 10.8. The van der Waals surface area contributed by atoms with E-state index >= 15 is 0 Å². The van der Waals surface area contributed by atoms with Crippen LogP contribution < -0.4 is 0 Å². The van der Waals surface area contributed by atoms with Crippen molar-refractivity contribution >= 4 is 0 Å². The van der Waals surface area contributed by atoms with Crippen molar-refractivity contribution < 1.29 is 0 Å². The van der Waals surface area contributed by atoms with Gasteiger partial charge in [0.05, 0.1) is 11.4 Å². The van der Waals surface area contributed by atoms with Crippen molar-refractivity contribution in [1.82, 2.24) is 9.97 Å². The number of nitrogens with zero attached hydrogens (tertiary/aromatic N) is 2. The molecular weight excluding hydrogens is 316 g/mol. The lowest BCUT2D eigenvalue weighted by Gasteiger charge is -2.27. The Labute approximate surface area is 156 Å². The monoisotopic (exact) mass is 344 g/mol. The number of hydrogen-bond donors (Lipinski definition) is 0. The fraction of sp³-hybridized carbons (Fsp3) is 0.583. The normalized spacial score (nSPS) is 37.5. The molecule has 4 aliphatic rings. The minimum absolute atomic E-state index is 0.715. The molecule has 4 bridgehead atoms. The van der Waals surface area contributed by atoms with Crippen molar-refractivity contribution in [3.63, 3.8) is 0 Å². The summed E-state index contributed by atoms with van der Waals surface area (Å²) in [5.74, 6) is 5.13. The van der Waals surface area contributed by atoms with Crippen LogP contribution in [0.2, 0.25) is 0 Å². The van der Waals surface area contributed by atoms with E-state index in [-0.39, 0.29) is 0 Å². The van der Waals surface area contributed by atoms with Gasteiger partial charge in [0.15, 0.2) is 0 Å². The predicted molar refractivity (Wildman–Crippen MR) is 104 cm³/mol. The van der Waals surface area contributed by atoms with Crippen LogP contribution in [0.15, 0.2) is 36.7 Å². The van der Waals surface area contributed by atoms with Gasteiger partial charge >= 0.3 is 0 Å². The third kappa shape index (κ3) is 2.30. The molecule has 6 atom stereocenters. The van der Waals surface area contributed by atoms with Crippen LogP contribution in [0.25, 0.3) is 11.4 Å². The van der Waals surface area contributed by atoms with Crippen LogP contribution in [-0.4, -0.2) is 9.97 Å². The largest absolute Gasteiger partial charge is 0.254 e. The van der Waals surface area contributed by atoms with Crippen LogP contribution in [0.1, 0.15) is 74.3 Å². The average molecular weight is 345 g/mol. The van der Waals surface area contributed by atoms with Crippen molar-refractivity contribution in [1.29, 1.82) is 0 Å². The van der Waals surface area contributed by atoms with E-state index in [2.05, 4.69) is 24.3 Å². The third-order valence-corrected chi connectivity index (χ3v) is 8.18. The summed E-state index contributed by atoms with van der Waals surface area (Å²) in [7, 11) is 0. The fourth-order valence-corrected chi connectivity index (χ4v) is 7.08. The van der Waals surface area contributed by atoms with Gasteiger partial charge in [-0.3, -0.25) is 9.97 Å². The highest BCUT2D eigenvalue weighted by molar-refractivity contribution is 5.64. The van der Waals surface area contributed by atoms with Crippen molar-refractivity contribution in [3.8, 4) is 11.4 Å². The highest BCUT2D eigenvalue weighted by atomic mass is 14.8. The van der Waals surface area contributed by atoms with E-state index in [0.29, 0.717) is 11.8 Å². The fourth-order valence-electron chi connectivity index (χ4n) is 7.08. The molecule has 6 unspecified atom stereocenters. The lowest BCUT2D eigenvalue weighted by molar-refractivity contribution is 0.417. The molecule has 0 aromatic carbocycles. The summed E-state index contributed by atoms with van der Waals surface area (Å²) in [6.07, 6.45) is 15.3. The SMILES string of the molecule is c1cnc(-c2ncccc2C2CC3CCC2C3)c(C2CC3CCC2C3)c1. The van der Waals surface area contributed by atoms with E-state index in [0.717, 1.165) is 23.7 Å². The third-order valence-electron chi connectivity index (χ3n) is 8.18. The number of fused-ring (bicyclic) bond motifs is 4. The first kappa shape index (κ1) is 15.4. The Morgan fingerprint density at radius 1 is 0.615 bits per heavy atom. The average Bonchev–Trinajstić information content (AvgIpc) is 3.49. The van der Waals surface area contributed by atoms with Crippen molar-refractivity contribution in [2.24, 2.45) is 23.7 Å². The highest BCUT2D eigenvalue weighted by Gasteiger charge is 2.43. The highest BCUT2D eigenvalue weighted by Crippen LogP contribution is 2.56. The van der Waals surface area contributed by atoms with Gasteiger partial charge in [-0.05, 0) is 97.3 Å². The molecule has 0 saturated heterocycles. The molecule has 2 aromatic heterocycles. The topological polar surface area (TPSA) is 25.8 Å². The molecule has 134 valence electrons. The van der Waals surface area contributed by atoms with E-state index in [1.807, 2.05) is 12.4 Å². The zero-order valence-corrected chi connectivity index (χ0v) is 15.5. The molecule has 0 aliphatic heterocycles. The standard InChI is InChI=1S/C24H28N2/c1-3-19(21-13-15-5-7-17(21)11-15)23(25-9-1)24-20(4-2-10-26-24)22-14-16-6-8-18(22)12-16/h1-4,9-10,15-18,21-22H,5-8,11-14H2. The van der Waals surface area contributed by atoms with Gasteiger partial charge in [-0.25, -0.2) is 0 Å². The van der Waals surface area contributed by atoms with Gasteiger partial charge in [-0.15, -0.1) is 0 Å². The first-order chi connectivity index (χ1) is 12.9. The van der Waals surface area contributed by atoms with Gasteiger partial charge in [-0.2, -0.15) is 0 Å². The zero-order chi connectivity index (χ0) is 17.1. The van der Waals surface area contributed by atoms with E-state index in [9.17, 15) is 0 Å². The van der Waals surface area contributed by atoms with Gasteiger partial charge < -0.3 is 0 Å². The lowest BCUT2D eigenvalue weighted by atomic mass is 9.79. The van der Waals surface area contributed by atoms with Crippen LogP contribution in [-0.2, 0) is 0 Å². The molecule has 2 heterocycles. The van der Waals surface area contributed by atoms with E-state index in [4.69, 9.17) is 9.97 Å². The predicted octanol–water partition coefficient (Wildman–Crippen LogP) is 5.95. The number of hydrogen-bond acceptors (Lipinski definition) is 2. The number of aromatic nitrogens is 2. The molecule has 4 fully saturated rings. The maximum Gasteiger partial charge on any atom is 0.0923 e. The van der Waals surface area contributed by atoms with Gasteiger partial charge in [0, 0.05) is 12.4 Å². The molecule has 2 aromatic rings.